The van der Waals surface area contributed by atoms with Gasteiger partial charge in [0.25, 0.3) is 11.8 Å². The van der Waals surface area contributed by atoms with Crippen LogP contribution in [0.1, 0.15) is 15.9 Å². The minimum Gasteiger partial charge on any atom is -0.361 e. The Bertz CT molecular complexity index is 1630. The molecular weight excluding hydrogens is 530 g/mol. The van der Waals surface area contributed by atoms with Crippen LogP contribution in [0.2, 0.25) is 0 Å². The summed E-state index contributed by atoms with van der Waals surface area (Å²) >= 11 is 2.74. The molecule has 3 amide bonds. The van der Waals surface area contributed by atoms with Gasteiger partial charge in [-0.3, -0.25) is 14.4 Å². The second-order valence-electron chi connectivity index (χ2n) is 8.32. The summed E-state index contributed by atoms with van der Waals surface area (Å²) in [6.45, 7) is 0. The first-order valence-corrected chi connectivity index (χ1v) is 13.8. The van der Waals surface area contributed by atoms with Gasteiger partial charge in [-0.05, 0) is 48.5 Å². The van der Waals surface area contributed by atoms with Crippen LogP contribution in [0.5, 0.6) is 0 Å². The Hall–Kier alpha value is -4.67. The van der Waals surface area contributed by atoms with Gasteiger partial charge in [0.1, 0.15) is 5.70 Å². The largest absolute Gasteiger partial charge is 0.361 e. The van der Waals surface area contributed by atoms with E-state index in [9.17, 15) is 14.4 Å². The van der Waals surface area contributed by atoms with E-state index in [1.54, 1.807) is 60.2 Å². The number of thioether (sulfide) groups is 1. The van der Waals surface area contributed by atoms with Gasteiger partial charge in [0.2, 0.25) is 5.91 Å². The molecule has 2 aromatic heterocycles. The molecule has 4 N–H and O–H groups in total. The number of para-hydroxylation sites is 1. The molecule has 39 heavy (non-hydrogen) atoms. The number of nitrogens with one attached hydrogen (secondary N) is 4. The van der Waals surface area contributed by atoms with Crippen LogP contribution in [-0.4, -0.2) is 33.4 Å². The van der Waals surface area contributed by atoms with Crippen LogP contribution in [0.3, 0.4) is 0 Å². The van der Waals surface area contributed by atoms with Crippen molar-refractivity contribution in [2.45, 2.75) is 4.90 Å². The summed E-state index contributed by atoms with van der Waals surface area (Å²) in [5.41, 5.74) is 2.79. The summed E-state index contributed by atoms with van der Waals surface area (Å²) in [5.74, 6) is -0.769. The minimum absolute atomic E-state index is 0.103. The van der Waals surface area contributed by atoms with Gasteiger partial charge < -0.3 is 20.9 Å². The van der Waals surface area contributed by atoms with Crippen molar-refractivity contribution in [1.82, 2.24) is 15.3 Å². The number of carbonyl (C=O) groups is 3. The third-order valence-corrected chi connectivity index (χ3v) is 7.31. The van der Waals surface area contributed by atoms with Crippen LogP contribution in [0.15, 0.2) is 107 Å². The number of carbonyl (C=O) groups excluding carboxylic acids is 3. The standard InChI is InChI=1S/C29H23N5O3S2/c35-26(34-29-30-14-15-38-29)18-39-22-12-10-21(11-13-22)32-28(37)25(33-27(36)19-6-2-1-3-7-19)16-20-17-31-24-9-5-4-8-23(20)24/h1-17,31H,18H2,(H,32,37)(H,33,36)(H,30,34,35)/b25-16-. The Morgan fingerprint density at radius 3 is 2.46 bits per heavy atom. The Kier molecular flexibility index (Phi) is 8.15. The van der Waals surface area contributed by atoms with Crippen LogP contribution in [0.25, 0.3) is 17.0 Å². The SMILES string of the molecule is O=C(CSc1ccc(NC(=O)/C(=C/c2c[nH]c3ccccc23)NC(=O)c2ccccc2)cc1)Nc1nccs1. The van der Waals surface area contributed by atoms with Crippen molar-refractivity contribution in [2.75, 3.05) is 16.4 Å². The zero-order valence-electron chi connectivity index (χ0n) is 20.5. The molecule has 5 rings (SSSR count). The predicted octanol–water partition coefficient (Wildman–Crippen LogP) is 5.76. The molecule has 0 saturated heterocycles. The van der Waals surface area contributed by atoms with Crippen LogP contribution >= 0.6 is 23.1 Å². The molecule has 0 aliphatic rings. The summed E-state index contributed by atoms with van der Waals surface area (Å²) in [6, 6.07) is 23.6. The summed E-state index contributed by atoms with van der Waals surface area (Å²) in [5, 5.41) is 11.6. The molecule has 0 aliphatic carbocycles. The Morgan fingerprint density at radius 1 is 0.923 bits per heavy atom. The van der Waals surface area contributed by atoms with Gasteiger partial charge in [-0.15, -0.1) is 23.1 Å². The molecule has 0 radical (unpaired) electrons. The maximum atomic E-state index is 13.3. The topological polar surface area (TPSA) is 116 Å². The van der Waals surface area contributed by atoms with Crippen molar-refractivity contribution < 1.29 is 14.4 Å². The Morgan fingerprint density at radius 2 is 1.69 bits per heavy atom. The van der Waals surface area contributed by atoms with Crippen molar-refractivity contribution in [2.24, 2.45) is 0 Å². The van der Waals surface area contributed by atoms with Crippen molar-refractivity contribution in [1.29, 1.82) is 0 Å². The van der Waals surface area contributed by atoms with Gasteiger partial charge in [-0.1, -0.05) is 36.4 Å². The highest BCUT2D eigenvalue weighted by atomic mass is 32.2. The number of rotatable bonds is 9. The van der Waals surface area contributed by atoms with Crippen LogP contribution in [0.4, 0.5) is 10.8 Å². The first kappa shape index (κ1) is 26.0. The van der Waals surface area contributed by atoms with E-state index >= 15 is 0 Å². The molecule has 0 atom stereocenters. The summed E-state index contributed by atoms with van der Waals surface area (Å²) in [6.07, 6.45) is 5.08. The second kappa shape index (κ2) is 12.2. The van der Waals surface area contributed by atoms with E-state index < -0.39 is 5.91 Å². The molecule has 0 aliphatic heterocycles. The lowest BCUT2D eigenvalue weighted by atomic mass is 10.1. The highest BCUT2D eigenvalue weighted by molar-refractivity contribution is 8.00. The third-order valence-electron chi connectivity index (χ3n) is 5.61. The van der Waals surface area contributed by atoms with E-state index in [4.69, 9.17) is 0 Å². The molecular formula is C29H23N5O3S2. The monoisotopic (exact) mass is 553 g/mol. The van der Waals surface area contributed by atoms with Crippen LogP contribution in [-0.2, 0) is 9.59 Å². The van der Waals surface area contributed by atoms with Gasteiger partial charge in [-0.2, -0.15) is 0 Å². The van der Waals surface area contributed by atoms with E-state index in [1.165, 1.54) is 23.1 Å². The van der Waals surface area contributed by atoms with Gasteiger partial charge >= 0.3 is 0 Å². The number of fused-ring (bicyclic) bond motifs is 1. The van der Waals surface area contributed by atoms with Crippen molar-refractivity contribution in [3.05, 3.63) is 113 Å². The number of hydrogen-bond acceptors (Lipinski definition) is 6. The zero-order chi connectivity index (χ0) is 27.0. The van der Waals surface area contributed by atoms with Gasteiger partial charge in [-0.25, -0.2) is 4.98 Å². The van der Waals surface area contributed by atoms with Gasteiger partial charge in [0.15, 0.2) is 5.13 Å². The average Bonchev–Trinajstić information content (AvgIpc) is 3.63. The van der Waals surface area contributed by atoms with Crippen molar-refractivity contribution >= 4 is 68.6 Å². The van der Waals surface area contributed by atoms with E-state index in [-0.39, 0.29) is 23.3 Å². The quantitative estimate of drug-likeness (QED) is 0.137. The molecule has 2 heterocycles. The van der Waals surface area contributed by atoms with Crippen LogP contribution < -0.4 is 16.0 Å². The second-order valence-corrected chi connectivity index (χ2v) is 10.3. The fourth-order valence-corrected chi connectivity index (χ4v) is 4.98. The van der Waals surface area contributed by atoms with Gasteiger partial charge in [0.05, 0.1) is 5.75 Å². The Labute approximate surface area is 232 Å². The first-order valence-electron chi connectivity index (χ1n) is 11.9. The normalized spacial score (nSPS) is 11.2. The molecule has 5 aromatic rings. The maximum Gasteiger partial charge on any atom is 0.272 e. The molecule has 0 saturated carbocycles. The molecule has 0 fully saturated rings. The molecule has 8 nitrogen and oxygen atoms in total. The number of aromatic amines is 1. The molecule has 0 bridgehead atoms. The molecule has 0 unspecified atom stereocenters. The third kappa shape index (κ3) is 6.81. The number of anilines is 2. The van der Waals surface area contributed by atoms with Crippen molar-refractivity contribution in [3.8, 4) is 0 Å². The smallest absolute Gasteiger partial charge is 0.272 e. The minimum atomic E-state index is -0.465. The number of hydrogen-bond donors (Lipinski definition) is 4. The molecule has 0 spiro atoms. The first-order chi connectivity index (χ1) is 19.0. The van der Waals surface area contributed by atoms with Crippen molar-refractivity contribution in [3.63, 3.8) is 0 Å². The fraction of sp³-hybridized carbons (Fsp3) is 0.0345. The number of H-pyrrole nitrogens is 1. The van der Waals surface area contributed by atoms with Crippen LogP contribution in [0, 0.1) is 0 Å². The number of aromatic nitrogens is 2. The predicted molar refractivity (Wildman–Crippen MR) is 157 cm³/mol. The summed E-state index contributed by atoms with van der Waals surface area (Å²) < 4.78 is 0. The average molecular weight is 554 g/mol. The summed E-state index contributed by atoms with van der Waals surface area (Å²) in [7, 11) is 0. The number of benzene rings is 3. The highest BCUT2D eigenvalue weighted by Gasteiger charge is 2.16. The highest BCUT2D eigenvalue weighted by Crippen LogP contribution is 2.23. The lowest BCUT2D eigenvalue weighted by Gasteiger charge is -2.12. The number of nitrogens with zero attached hydrogens (tertiary/aromatic N) is 1. The van der Waals surface area contributed by atoms with E-state index in [0.717, 1.165) is 21.4 Å². The Balaban J connectivity index is 1.29. The molecule has 10 heteroatoms. The van der Waals surface area contributed by atoms with E-state index in [2.05, 4.69) is 25.9 Å². The maximum absolute atomic E-state index is 13.3. The lowest BCUT2D eigenvalue weighted by Crippen LogP contribution is -2.30. The van der Waals surface area contributed by atoms with Gasteiger partial charge in [0, 0.05) is 50.4 Å². The zero-order valence-corrected chi connectivity index (χ0v) is 22.1. The lowest BCUT2D eigenvalue weighted by molar-refractivity contribution is -0.114. The van der Waals surface area contributed by atoms with E-state index in [0.29, 0.717) is 16.4 Å². The molecule has 194 valence electrons. The van der Waals surface area contributed by atoms with E-state index in [1.807, 2.05) is 42.5 Å². The fourth-order valence-electron chi connectivity index (χ4n) is 3.73. The summed E-state index contributed by atoms with van der Waals surface area (Å²) in [4.78, 5) is 46.4. The number of amides is 3. The molecule has 3 aromatic carbocycles. The number of thiazole rings is 1.